The first kappa shape index (κ1) is 22.5. The maximum Gasteiger partial charge on any atom is 0.405 e. The topological polar surface area (TPSA) is 84.7 Å². The van der Waals surface area contributed by atoms with Crippen molar-refractivity contribution in [2.45, 2.75) is 51.9 Å². The Hall–Kier alpha value is -3.17. The maximum atomic E-state index is 12.5. The van der Waals surface area contributed by atoms with Crippen LogP contribution in [0.4, 0.5) is 19.0 Å². The van der Waals surface area contributed by atoms with Crippen molar-refractivity contribution in [3.8, 4) is 11.4 Å². The molecule has 3 heterocycles. The van der Waals surface area contributed by atoms with Gasteiger partial charge in [0.15, 0.2) is 5.82 Å². The van der Waals surface area contributed by atoms with Gasteiger partial charge in [0, 0.05) is 35.6 Å². The molecule has 2 N–H and O–H groups in total. The summed E-state index contributed by atoms with van der Waals surface area (Å²) in [6.07, 6.45) is 0.966. The van der Waals surface area contributed by atoms with E-state index in [1.807, 2.05) is 42.1 Å². The minimum absolute atomic E-state index is 0.174. The van der Waals surface area contributed by atoms with E-state index in [1.54, 1.807) is 25.4 Å². The van der Waals surface area contributed by atoms with Crippen LogP contribution in [0.1, 0.15) is 40.2 Å². The normalized spacial score (nSPS) is 13.9. The number of amides is 1. The van der Waals surface area contributed by atoms with Gasteiger partial charge >= 0.3 is 6.18 Å². The van der Waals surface area contributed by atoms with Crippen LogP contribution in [0.15, 0.2) is 36.8 Å². The molecular weight excluding hydrogens is 409 g/mol. The molecule has 10 heteroatoms. The zero-order valence-corrected chi connectivity index (χ0v) is 17.8. The van der Waals surface area contributed by atoms with E-state index in [0.717, 1.165) is 16.6 Å². The van der Waals surface area contributed by atoms with Crippen molar-refractivity contribution in [1.29, 1.82) is 0 Å². The summed E-state index contributed by atoms with van der Waals surface area (Å²) in [5, 5.41) is 5.80. The lowest BCUT2D eigenvalue weighted by Crippen LogP contribution is -2.52. The Labute approximate surface area is 178 Å². The third-order valence-corrected chi connectivity index (χ3v) is 5.10. The van der Waals surface area contributed by atoms with Crippen molar-refractivity contribution in [3.05, 3.63) is 36.8 Å². The van der Waals surface area contributed by atoms with Crippen LogP contribution in [-0.4, -0.2) is 43.7 Å². The number of rotatable bonds is 7. The minimum Gasteiger partial charge on any atom is -0.356 e. The molecule has 0 fully saturated rings. The molecule has 31 heavy (non-hydrogen) atoms. The number of carbonyl (C=O) groups is 1. The molecule has 0 spiro atoms. The molecule has 7 nitrogen and oxygen atoms in total. The number of hydrogen-bond donors (Lipinski definition) is 2. The molecule has 166 valence electrons. The van der Waals surface area contributed by atoms with Crippen LogP contribution >= 0.6 is 0 Å². The van der Waals surface area contributed by atoms with Gasteiger partial charge in [-0.25, -0.2) is 15.0 Å². The molecular formula is C21H25F3N6O. The second kappa shape index (κ2) is 8.52. The van der Waals surface area contributed by atoms with Gasteiger partial charge in [-0.2, -0.15) is 13.2 Å². The molecule has 1 amide bonds. The monoisotopic (exact) mass is 434 g/mol. The van der Waals surface area contributed by atoms with Gasteiger partial charge in [0.2, 0.25) is 5.91 Å². The smallest absolute Gasteiger partial charge is 0.356 e. The molecule has 0 aliphatic carbocycles. The van der Waals surface area contributed by atoms with Gasteiger partial charge in [-0.15, -0.1) is 0 Å². The average Bonchev–Trinajstić information content (AvgIpc) is 3.11. The van der Waals surface area contributed by atoms with Crippen LogP contribution in [0.3, 0.4) is 0 Å². The SMILES string of the molecule is CC[C@@](C)(Nc1ccnc(-c2cn(C(C)C)c3ncccc23)n1)C(=O)NCC(F)(F)F. The zero-order valence-electron chi connectivity index (χ0n) is 17.8. The third kappa shape index (κ3) is 4.95. The van der Waals surface area contributed by atoms with E-state index in [0.29, 0.717) is 11.6 Å². The number of carbonyl (C=O) groups excluding carboxylic acids is 1. The molecule has 3 aromatic rings. The first-order chi connectivity index (χ1) is 14.5. The molecule has 0 aliphatic rings. The minimum atomic E-state index is -4.48. The van der Waals surface area contributed by atoms with Crippen molar-refractivity contribution < 1.29 is 18.0 Å². The van der Waals surface area contributed by atoms with E-state index in [1.165, 1.54) is 6.92 Å². The second-order valence-electron chi connectivity index (χ2n) is 7.79. The largest absolute Gasteiger partial charge is 0.405 e. The Bertz CT molecular complexity index is 1080. The van der Waals surface area contributed by atoms with E-state index >= 15 is 0 Å². The predicted molar refractivity (Wildman–Crippen MR) is 113 cm³/mol. The van der Waals surface area contributed by atoms with Crippen LogP contribution in [0.25, 0.3) is 22.4 Å². The van der Waals surface area contributed by atoms with Crippen molar-refractivity contribution in [2.75, 3.05) is 11.9 Å². The lowest BCUT2D eigenvalue weighted by Gasteiger charge is -2.29. The summed E-state index contributed by atoms with van der Waals surface area (Å²) in [5.74, 6) is 0.00972. The molecule has 3 rings (SSSR count). The summed E-state index contributed by atoms with van der Waals surface area (Å²) in [6, 6.07) is 5.51. The molecule has 0 aliphatic heterocycles. The molecule has 0 aromatic carbocycles. The highest BCUT2D eigenvalue weighted by atomic mass is 19.4. The van der Waals surface area contributed by atoms with Gasteiger partial charge in [0.25, 0.3) is 0 Å². The standard InChI is InChI=1S/C21H25F3N6O/c1-5-20(4,19(31)27-12-21(22,23)24)29-16-8-10-25-17(28-16)15-11-30(13(2)3)18-14(15)7-6-9-26-18/h6-11,13H,5,12H2,1-4H3,(H,27,31)(H,25,28,29)/t20-/m1/s1. The fourth-order valence-electron chi connectivity index (χ4n) is 3.18. The average molecular weight is 434 g/mol. The zero-order chi connectivity index (χ0) is 22.8. The second-order valence-corrected chi connectivity index (χ2v) is 7.79. The quantitative estimate of drug-likeness (QED) is 0.578. The predicted octanol–water partition coefficient (Wildman–Crippen LogP) is 4.33. The Morgan fingerprint density at radius 2 is 1.94 bits per heavy atom. The van der Waals surface area contributed by atoms with Crippen LogP contribution in [-0.2, 0) is 4.79 Å². The molecule has 0 unspecified atom stereocenters. The Morgan fingerprint density at radius 1 is 1.19 bits per heavy atom. The van der Waals surface area contributed by atoms with Crippen molar-refractivity contribution in [1.82, 2.24) is 24.8 Å². The van der Waals surface area contributed by atoms with E-state index in [9.17, 15) is 18.0 Å². The first-order valence-corrected chi connectivity index (χ1v) is 9.96. The highest BCUT2D eigenvalue weighted by Gasteiger charge is 2.35. The number of pyridine rings is 1. The molecule has 0 radical (unpaired) electrons. The Morgan fingerprint density at radius 3 is 2.58 bits per heavy atom. The molecule has 0 bridgehead atoms. The van der Waals surface area contributed by atoms with Gasteiger partial charge in [0.05, 0.1) is 0 Å². The number of alkyl halides is 3. The Kier molecular flexibility index (Phi) is 6.19. The lowest BCUT2D eigenvalue weighted by molar-refractivity contribution is -0.140. The summed E-state index contributed by atoms with van der Waals surface area (Å²) in [7, 11) is 0. The molecule has 3 aromatic heterocycles. The fourth-order valence-corrected chi connectivity index (χ4v) is 3.18. The Balaban J connectivity index is 1.92. The van der Waals surface area contributed by atoms with Gasteiger partial charge in [0.1, 0.15) is 23.5 Å². The number of fused-ring (bicyclic) bond motifs is 1. The van der Waals surface area contributed by atoms with Crippen LogP contribution in [0, 0.1) is 0 Å². The van der Waals surface area contributed by atoms with Crippen molar-refractivity contribution in [2.24, 2.45) is 0 Å². The number of anilines is 1. The summed E-state index contributed by atoms with van der Waals surface area (Å²) in [6.45, 7) is 5.95. The number of aromatic nitrogens is 4. The number of halogens is 3. The van der Waals surface area contributed by atoms with Gasteiger partial charge in [-0.1, -0.05) is 6.92 Å². The molecule has 1 atom stereocenters. The number of hydrogen-bond acceptors (Lipinski definition) is 5. The lowest BCUT2D eigenvalue weighted by atomic mass is 9.97. The van der Waals surface area contributed by atoms with E-state index in [4.69, 9.17) is 0 Å². The number of nitrogens with zero attached hydrogens (tertiary/aromatic N) is 4. The summed E-state index contributed by atoms with van der Waals surface area (Å²) < 4.78 is 39.5. The highest BCUT2D eigenvalue weighted by molar-refractivity contribution is 5.92. The highest BCUT2D eigenvalue weighted by Crippen LogP contribution is 2.30. The summed E-state index contributed by atoms with van der Waals surface area (Å²) >= 11 is 0. The van der Waals surface area contributed by atoms with E-state index in [2.05, 4.69) is 20.3 Å². The van der Waals surface area contributed by atoms with Crippen LogP contribution < -0.4 is 10.6 Å². The summed E-state index contributed by atoms with van der Waals surface area (Å²) in [4.78, 5) is 25.8. The third-order valence-electron chi connectivity index (χ3n) is 5.10. The fraction of sp³-hybridized carbons (Fsp3) is 0.429. The van der Waals surface area contributed by atoms with Gasteiger partial charge < -0.3 is 15.2 Å². The number of nitrogens with one attached hydrogen (secondary N) is 2. The molecule has 0 saturated heterocycles. The van der Waals surface area contributed by atoms with Crippen LogP contribution in [0.5, 0.6) is 0 Å². The van der Waals surface area contributed by atoms with Crippen molar-refractivity contribution in [3.63, 3.8) is 0 Å². The van der Waals surface area contributed by atoms with E-state index in [-0.39, 0.29) is 12.5 Å². The first-order valence-electron chi connectivity index (χ1n) is 9.96. The summed E-state index contributed by atoms with van der Waals surface area (Å²) in [5.41, 5.74) is 0.309. The van der Waals surface area contributed by atoms with Gasteiger partial charge in [-0.05, 0) is 45.4 Å². The van der Waals surface area contributed by atoms with E-state index < -0.39 is 24.2 Å². The molecule has 0 saturated carbocycles. The maximum absolute atomic E-state index is 12.5. The van der Waals surface area contributed by atoms with Crippen LogP contribution in [0.2, 0.25) is 0 Å². The van der Waals surface area contributed by atoms with Crippen molar-refractivity contribution >= 4 is 22.8 Å². The van der Waals surface area contributed by atoms with Gasteiger partial charge in [-0.3, -0.25) is 4.79 Å².